The molecule has 1 heterocycles. The highest BCUT2D eigenvalue weighted by molar-refractivity contribution is 6.33. The van der Waals surface area contributed by atoms with Crippen LogP contribution in [0.4, 0.5) is 14.5 Å². The lowest BCUT2D eigenvalue weighted by atomic mass is 10.2. The van der Waals surface area contributed by atoms with Crippen LogP contribution in [0.2, 0.25) is 5.02 Å². The number of aromatic nitrogens is 2. The molecule has 1 atom stereocenters. The maximum atomic E-state index is 13.2. The standard InChI is InChI=1S/C20H16ClF2N3O3/c1-2-17(20(28)24-16-8-5-13(23)11-15(16)21)29-18-9-10-19(27)26(25-18)14-6-3-12(22)4-7-14/h3-11,17H,2H2,1H3,(H,24,28). The fraction of sp³-hybridized carbons (Fsp3) is 0.150. The minimum absolute atomic E-state index is 0.0288. The van der Waals surface area contributed by atoms with Crippen LogP contribution in [-0.2, 0) is 4.79 Å². The molecule has 0 saturated carbocycles. The molecule has 1 N–H and O–H groups in total. The Balaban J connectivity index is 1.79. The van der Waals surface area contributed by atoms with Crippen LogP contribution in [0, 0.1) is 11.6 Å². The summed E-state index contributed by atoms with van der Waals surface area (Å²) in [6.07, 6.45) is -0.648. The van der Waals surface area contributed by atoms with Crippen molar-refractivity contribution in [2.45, 2.75) is 19.4 Å². The van der Waals surface area contributed by atoms with Crippen molar-refractivity contribution in [3.05, 3.63) is 81.6 Å². The minimum Gasteiger partial charge on any atom is -0.463 e. The Hall–Kier alpha value is -3.26. The number of anilines is 1. The maximum Gasteiger partial charge on any atom is 0.271 e. The van der Waals surface area contributed by atoms with Gasteiger partial charge in [0.25, 0.3) is 11.5 Å². The number of hydrogen-bond acceptors (Lipinski definition) is 4. The molecule has 1 unspecified atom stereocenters. The summed E-state index contributed by atoms with van der Waals surface area (Å²) in [6.45, 7) is 1.73. The third-order valence-electron chi connectivity index (χ3n) is 3.96. The van der Waals surface area contributed by atoms with Crippen molar-refractivity contribution in [1.82, 2.24) is 9.78 Å². The summed E-state index contributed by atoms with van der Waals surface area (Å²) in [5.74, 6) is -1.46. The van der Waals surface area contributed by atoms with Crippen molar-refractivity contribution in [2.75, 3.05) is 5.32 Å². The second kappa shape index (κ2) is 8.83. The van der Waals surface area contributed by atoms with Gasteiger partial charge in [0, 0.05) is 12.1 Å². The van der Waals surface area contributed by atoms with Gasteiger partial charge in [-0.2, -0.15) is 4.68 Å². The van der Waals surface area contributed by atoms with Gasteiger partial charge in [0.15, 0.2) is 6.10 Å². The molecule has 1 amide bonds. The van der Waals surface area contributed by atoms with E-state index in [4.69, 9.17) is 16.3 Å². The van der Waals surface area contributed by atoms with Gasteiger partial charge in [-0.25, -0.2) is 8.78 Å². The van der Waals surface area contributed by atoms with E-state index in [-0.39, 0.29) is 16.6 Å². The first kappa shape index (κ1) is 20.5. The van der Waals surface area contributed by atoms with Crippen LogP contribution in [0.25, 0.3) is 5.69 Å². The molecule has 150 valence electrons. The van der Waals surface area contributed by atoms with Gasteiger partial charge in [0.1, 0.15) is 11.6 Å². The second-order valence-electron chi connectivity index (χ2n) is 6.03. The number of carbonyl (C=O) groups excluding carboxylic acids is 1. The number of carbonyl (C=O) groups is 1. The molecule has 3 aromatic rings. The summed E-state index contributed by atoms with van der Waals surface area (Å²) in [5, 5.41) is 6.71. The predicted octanol–water partition coefficient (Wildman–Crippen LogP) is 3.96. The number of benzene rings is 2. The average molecular weight is 420 g/mol. The molecule has 0 aliphatic heterocycles. The van der Waals surface area contributed by atoms with Gasteiger partial charge in [-0.15, -0.1) is 5.10 Å². The summed E-state index contributed by atoms with van der Waals surface area (Å²) < 4.78 is 32.9. The topological polar surface area (TPSA) is 73.2 Å². The summed E-state index contributed by atoms with van der Waals surface area (Å²) in [7, 11) is 0. The van der Waals surface area contributed by atoms with Gasteiger partial charge in [-0.3, -0.25) is 9.59 Å². The number of hydrogen-bond donors (Lipinski definition) is 1. The van der Waals surface area contributed by atoms with Crippen LogP contribution in [0.1, 0.15) is 13.3 Å². The van der Waals surface area contributed by atoms with Crippen molar-refractivity contribution >= 4 is 23.2 Å². The van der Waals surface area contributed by atoms with E-state index in [9.17, 15) is 18.4 Å². The molecule has 6 nitrogen and oxygen atoms in total. The molecule has 9 heteroatoms. The van der Waals surface area contributed by atoms with Crippen LogP contribution in [-0.4, -0.2) is 21.8 Å². The molecule has 29 heavy (non-hydrogen) atoms. The third kappa shape index (κ3) is 4.97. The van der Waals surface area contributed by atoms with Crippen LogP contribution < -0.4 is 15.6 Å². The monoisotopic (exact) mass is 419 g/mol. The fourth-order valence-corrected chi connectivity index (χ4v) is 2.71. The Morgan fingerprint density at radius 3 is 2.48 bits per heavy atom. The van der Waals surface area contributed by atoms with E-state index in [1.807, 2.05) is 0 Å². The molecule has 0 saturated heterocycles. The van der Waals surface area contributed by atoms with Crippen LogP contribution in [0.5, 0.6) is 5.88 Å². The third-order valence-corrected chi connectivity index (χ3v) is 4.27. The molecule has 0 bridgehead atoms. The van der Waals surface area contributed by atoms with Gasteiger partial charge >= 0.3 is 0 Å². The van der Waals surface area contributed by atoms with Crippen molar-refractivity contribution in [2.24, 2.45) is 0 Å². The molecule has 0 spiro atoms. The molecular weight excluding hydrogens is 404 g/mol. The lowest BCUT2D eigenvalue weighted by molar-refractivity contribution is -0.123. The minimum atomic E-state index is -0.942. The first-order valence-electron chi connectivity index (χ1n) is 8.66. The van der Waals surface area contributed by atoms with Gasteiger partial charge in [0.2, 0.25) is 5.88 Å². The molecule has 2 aromatic carbocycles. The van der Waals surface area contributed by atoms with E-state index < -0.39 is 29.2 Å². The van der Waals surface area contributed by atoms with Crippen LogP contribution in [0.3, 0.4) is 0 Å². The van der Waals surface area contributed by atoms with E-state index in [2.05, 4.69) is 10.4 Å². The number of nitrogens with one attached hydrogen (secondary N) is 1. The number of ether oxygens (including phenoxy) is 1. The number of amides is 1. The summed E-state index contributed by atoms with van der Waals surface area (Å²) in [4.78, 5) is 24.6. The van der Waals surface area contributed by atoms with Gasteiger partial charge in [0.05, 0.1) is 16.4 Å². The van der Waals surface area contributed by atoms with Crippen LogP contribution >= 0.6 is 11.6 Å². The van der Waals surface area contributed by atoms with Gasteiger partial charge in [-0.1, -0.05) is 18.5 Å². The van der Waals surface area contributed by atoms with E-state index in [0.29, 0.717) is 12.1 Å². The van der Waals surface area contributed by atoms with Crippen molar-refractivity contribution in [3.63, 3.8) is 0 Å². The predicted molar refractivity (Wildman–Crippen MR) is 105 cm³/mol. The number of halogens is 3. The van der Waals surface area contributed by atoms with Crippen molar-refractivity contribution in [3.8, 4) is 11.6 Å². The largest absolute Gasteiger partial charge is 0.463 e. The molecule has 0 aliphatic carbocycles. The quantitative estimate of drug-likeness (QED) is 0.656. The lowest BCUT2D eigenvalue weighted by Crippen LogP contribution is -2.33. The number of nitrogens with zero attached hydrogens (tertiary/aromatic N) is 2. The summed E-state index contributed by atoms with van der Waals surface area (Å²) in [5.41, 5.74) is 0.140. The van der Waals surface area contributed by atoms with Gasteiger partial charge in [-0.05, 0) is 48.9 Å². The molecule has 3 rings (SSSR count). The first-order valence-corrected chi connectivity index (χ1v) is 9.04. The SMILES string of the molecule is CCC(Oc1ccc(=O)n(-c2ccc(F)cc2)n1)C(=O)Nc1ccc(F)cc1Cl. The zero-order valence-electron chi connectivity index (χ0n) is 15.2. The molecule has 0 aliphatic rings. The Labute approximate surface area is 169 Å². The average Bonchev–Trinajstić information content (AvgIpc) is 2.70. The van der Waals surface area contributed by atoms with Crippen LogP contribution in [0.15, 0.2) is 59.4 Å². The molecular formula is C20H16ClF2N3O3. The highest BCUT2D eigenvalue weighted by atomic mass is 35.5. The Kier molecular flexibility index (Phi) is 6.23. The van der Waals surface area contributed by atoms with E-state index in [0.717, 1.165) is 10.7 Å². The highest BCUT2D eigenvalue weighted by Gasteiger charge is 2.21. The lowest BCUT2D eigenvalue weighted by Gasteiger charge is -2.17. The van der Waals surface area contributed by atoms with Gasteiger partial charge < -0.3 is 10.1 Å². The first-order chi connectivity index (χ1) is 13.9. The smallest absolute Gasteiger partial charge is 0.271 e. The summed E-state index contributed by atoms with van der Waals surface area (Å²) >= 11 is 5.93. The van der Waals surface area contributed by atoms with Crippen molar-refractivity contribution in [1.29, 1.82) is 0 Å². The zero-order valence-corrected chi connectivity index (χ0v) is 16.0. The van der Waals surface area contributed by atoms with Crippen molar-refractivity contribution < 1.29 is 18.3 Å². The maximum absolute atomic E-state index is 13.2. The number of rotatable bonds is 6. The fourth-order valence-electron chi connectivity index (χ4n) is 2.50. The molecule has 1 aromatic heterocycles. The van der Waals surface area contributed by atoms with E-state index in [1.54, 1.807) is 6.92 Å². The van der Waals surface area contributed by atoms with E-state index in [1.165, 1.54) is 48.5 Å². The Morgan fingerprint density at radius 2 is 1.83 bits per heavy atom. The summed E-state index contributed by atoms with van der Waals surface area (Å²) in [6, 6.07) is 11.4. The Morgan fingerprint density at radius 1 is 1.14 bits per heavy atom. The Bertz CT molecular complexity index is 1090. The molecule has 0 fully saturated rings. The normalized spacial score (nSPS) is 11.7. The molecule has 0 radical (unpaired) electrons. The highest BCUT2D eigenvalue weighted by Crippen LogP contribution is 2.23. The van der Waals surface area contributed by atoms with E-state index >= 15 is 0 Å². The zero-order chi connectivity index (χ0) is 21.0. The second-order valence-corrected chi connectivity index (χ2v) is 6.43.